The highest BCUT2D eigenvalue weighted by Crippen LogP contribution is 2.37. The minimum absolute atomic E-state index is 0.902. The summed E-state index contributed by atoms with van der Waals surface area (Å²) in [6.45, 7) is 0. The highest BCUT2D eigenvalue weighted by Gasteiger charge is 2.09. The first kappa shape index (κ1) is 23.0. The standard InChI is InChI=1S/C38H24OS/c1-3-7-33-26(5-1)11-18-31-23-30(19-20-34(31)33)25-9-14-28(15-10-25)37-21-22-38(40-37)29-16-12-27(13-17-29)36-24-32-6-2-4-8-35(32)39-36/h1-24H. The molecule has 0 unspecified atom stereocenters. The topological polar surface area (TPSA) is 13.1 Å². The van der Waals surface area contributed by atoms with Crippen LogP contribution in [-0.4, -0.2) is 0 Å². The normalized spacial score (nSPS) is 11.5. The van der Waals surface area contributed by atoms with Gasteiger partial charge >= 0.3 is 0 Å². The van der Waals surface area contributed by atoms with E-state index in [2.05, 4.69) is 127 Å². The molecule has 8 aromatic rings. The van der Waals surface area contributed by atoms with Gasteiger partial charge in [0, 0.05) is 20.7 Å². The number of hydrogen-bond acceptors (Lipinski definition) is 2. The molecule has 6 aromatic carbocycles. The molecule has 40 heavy (non-hydrogen) atoms. The minimum Gasteiger partial charge on any atom is -0.456 e. The van der Waals surface area contributed by atoms with Crippen LogP contribution in [0.15, 0.2) is 150 Å². The third kappa shape index (κ3) is 4.02. The second-order valence-corrected chi connectivity index (χ2v) is 11.3. The van der Waals surface area contributed by atoms with Crippen LogP contribution in [-0.2, 0) is 0 Å². The molecule has 2 heteroatoms. The Kier molecular flexibility index (Phi) is 5.39. The van der Waals surface area contributed by atoms with E-state index in [1.54, 1.807) is 0 Å². The average molecular weight is 529 g/mol. The van der Waals surface area contributed by atoms with E-state index in [0.29, 0.717) is 0 Å². The zero-order valence-electron chi connectivity index (χ0n) is 21.7. The maximum atomic E-state index is 6.04. The summed E-state index contributed by atoms with van der Waals surface area (Å²) in [6.07, 6.45) is 0. The smallest absolute Gasteiger partial charge is 0.135 e. The van der Waals surface area contributed by atoms with E-state index >= 15 is 0 Å². The number of thiophene rings is 1. The molecule has 0 bridgehead atoms. The second kappa shape index (κ2) is 9.37. The molecule has 0 amide bonds. The fourth-order valence-electron chi connectivity index (χ4n) is 5.59. The molecule has 188 valence electrons. The lowest BCUT2D eigenvalue weighted by Crippen LogP contribution is -1.82. The lowest BCUT2D eigenvalue weighted by Gasteiger charge is -2.08. The van der Waals surface area contributed by atoms with Crippen molar-refractivity contribution in [3.63, 3.8) is 0 Å². The van der Waals surface area contributed by atoms with Gasteiger partial charge < -0.3 is 4.42 Å². The van der Waals surface area contributed by atoms with Gasteiger partial charge in [0.15, 0.2) is 0 Å². The molecule has 0 aliphatic rings. The lowest BCUT2D eigenvalue weighted by molar-refractivity contribution is 0.631. The van der Waals surface area contributed by atoms with E-state index in [4.69, 9.17) is 4.42 Å². The Bertz CT molecular complexity index is 2110. The van der Waals surface area contributed by atoms with Crippen LogP contribution in [0.25, 0.3) is 75.8 Å². The molecule has 0 fully saturated rings. The van der Waals surface area contributed by atoms with Crippen molar-refractivity contribution in [3.05, 3.63) is 146 Å². The molecule has 0 spiro atoms. The molecule has 0 aliphatic carbocycles. The van der Waals surface area contributed by atoms with Gasteiger partial charge in [-0.15, -0.1) is 11.3 Å². The van der Waals surface area contributed by atoms with Gasteiger partial charge in [-0.3, -0.25) is 0 Å². The van der Waals surface area contributed by atoms with Gasteiger partial charge in [-0.2, -0.15) is 0 Å². The van der Waals surface area contributed by atoms with Crippen LogP contribution in [0.2, 0.25) is 0 Å². The number of fused-ring (bicyclic) bond motifs is 4. The summed E-state index contributed by atoms with van der Waals surface area (Å²) in [5.74, 6) is 0.902. The summed E-state index contributed by atoms with van der Waals surface area (Å²) in [5.41, 5.74) is 6.95. The van der Waals surface area contributed by atoms with Crippen LogP contribution in [0, 0.1) is 0 Å². The number of hydrogen-bond donors (Lipinski definition) is 0. The van der Waals surface area contributed by atoms with Crippen LogP contribution >= 0.6 is 11.3 Å². The summed E-state index contributed by atoms with van der Waals surface area (Å²) in [5, 5.41) is 6.29. The van der Waals surface area contributed by atoms with Crippen molar-refractivity contribution >= 4 is 43.9 Å². The Morgan fingerprint density at radius 3 is 1.70 bits per heavy atom. The fourth-order valence-corrected chi connectivity index (χ4v) is 6.61. The predicted molar refractivity (Wildman–Crippen MR) is 171 cm³/mol. The Morgan fingerprint density at radius 2 is 0.950 bits per heavy atom. The third-order valence-corrected chi connectivity index (χ3v) is 8.92. The molecule has 0 saturated heterocycles. The molecule has 0 radical (unpaired) electrons. The van der Waals surface area contributed by atoms with Gasteiger partial charge in [-0.05, 0) is 74.1 Å². The quantitative estimate of drug-likeness (QED) is 0.207. The Labute approximate surface area is 236 Å². The Morgan fingerprint density at radius 1 is 0.375 bits per heavy atom. The summed E-state index contributed by atoms with van der Waals surface area (Å²) in [4.78, 5) is 2.53. The van der Waals surface area contributed by atoms with Crippen LogP contribution in [0.3, 0.4) is 0 Å². The first-order chi connectivity index (χ1) is 19.8. The van der Waals surface area contributed by atoms with Crippen molar-refractivity contribution in [1.29, 1.82) is 0 Å². The van der Waals surface area contributed by atoms with Crippen molar-refractivity contribution in [2.45, 2.75) is 0 Å². The fraction of sp³-hybridized carbons (Fsp3) is 0. The minimum atomic E-state index is 0.902. The van der Waals surface area contributed by atoms with Crippen molar-refractivity contribution in [1.82, 2.24) is 0 Å². The SMILES string of the molecule is c1ccc2oc(-c3ccc(-c4ccc(-c5ccc(-c6ccc7c(ccc8ccccc87)c6)cc5)s4)cc3)cc2c1. The van der Waals surface area contributed by atoms with Gasteiger partial charge in [-0.1, -0.05) is 115 Å². The molecule has 0 aliphatic heterocycles. The summed E-state index contributed by atoms with van der Waals surface area (Å²) in [6, 6.07) is 52.1. The maximum Gasteiger partial charge on any atom is 0.135 e. The zero-order chi connectivity index (χ0) is 26.5. The first-order valence-corrected chi connectivity index (χ1v) is 14.3. The third-order valence-electron chi connectivity index (χ3n) is 7.73. The highest BCUT2D eigenvalue weighted by molar-refractivity contribution is 7.18. The maximum absolute atomic E-state index is 6.04. The van der Waals surface area contributed by atoms with Gasteiger partial charge in [0.05, 0.1) is 0 Å². The largest absolute Gasteiger partial charge is 0.456 e. The van der Waals surface area contributed by atoms with Crippen LogP contribution in [0.1, 0.15) is 0 Å². The van der Waals surface area contributed by atoms with Crippen LogP contribution in [0.4, 0.5) is 0 Å². The molecular formula is C38H24OS. The predicted octanol–water partition coefficient (Wildman–Crippen LogP) is 11.5. The summed E-state index contributed by atoms with van der Waals surface area (Å²) >= 11 is 1.83. The molecule has 1 nitrogen and oxygen atoms in total. The number of para-hydroxylation sites is 1. The summed E-state index contributed by atoms with van der Waals surface area (Å²) < 4.78 is 6.04. The van der Waals surface area contributed by atoms with Crippen molar-refractivity contribution in [2.75, 3.05) is 0 Å². The van der Waals surface area contributed by atoms with Crippen molar-refractivity contribution in [3.8, 4) is 43.3 Å². The van der Waals surface area contributed by atoms with E-state index < -0.39 is 0 Å². The molecule has 0 N–H and O–H groups in total. The van der Waals surface area contributed by atoms with E-state index in [-0.39, 0.29) is 0 Å². The zero-order valence-corrected chi connectivity index (χ0v) is 22.5. The molecule has 8 rings (SSSR count). The van der Waals surface area contributed by atoms with Crippen LogP contribution in [0.5, 0.6) is 0 Å². The molecule has 2 aromatic heterocycles. The summed E-state index contributed by atoms with van der Waals surface area (Å²) in [7, 11) is 0. The molecule has 2 heterocycles. The van der Waals surface area contributed by atoms with Gasteiger partial charge in [-0.25, -0.2) is 0 Å². The Balaban J connectivity index is 1.04. The van der Waals surface area contributed by atoms with Crippen molar-refractivity contribution < 1.29 is 4.42 Å². The number of rotatable bonds is 4. The van der Waals surface area contributed by atoms with Crippen LogP contribution < -0.4 is 0 Å². The second-order valence-electron chi connectivity index (χ2n) is 10.2. The van der Waals surface area contributed by atoms with Gasteiger partial charge in [0.25, 0.3) is 0 Å². The van der Waals surface area contributed by atoms with E-state index in [0.717, 1.165) is 22.3 Å². The Hall–Kier alpha value is -4.92. The van der Waals surface area contributed by atoms with E-state index in [9.17, 15) is 0 Å². The monoisotopic (exact) mass is 528 g/mol. The number of furan rings is 1. The van der Waals surface area contributed by atoms with Gasteiger partial charge in [0.1, 0.15) is 11.3 Å². The van der Waals surface area contributed by atoms with Crippen molar-refractivity contribution in [2.24, 2.45) is 0 Å². The number of benzene rings is 6. The van der Waals surface area contributed by atoms with E-state index in [1.165, 1.54) is 53.6 Å². The molecule has 0 saturated carbocycles. The molecule has 0 atom stereocenters. The van der Waals surface area contributed by atoms with E-state index in [1.807, 2.05) is 29.5 Å². The molecular weight excluding hydrogens is 504 g/mol. The first-order valence-electron chi connectivity index (χ1n) is 13.5. The van der Waals surface area contributed by atoms with Gasteiger partial charge in [0.2, 0.25) is 0 Å². The lowest BCUT2D eigenvalue weighted by atomic mass is 9.97. The highest BCUT2D eigenvalue weighted by atomic mass is 32.1. The average Bonchev–Trinajstić information content (AvgIpc) is 3.69.